The summed E-state index contributed by atoms with van der Waals surface area (Å²) in [7, 11) is 0. The lowest BCUT2D eigenvalue weighted by Crippen LogP contribution is -2.30. The van der Waals surface area contributed by atoms with E-state index in [1.165, 1.54) is 0 Å². The molecule has 2 N–H and O–H groups in total. The standard InChI is InChI=1S/C14H16O5/c1-2-19-14(18)13(17)12(16)10-5-3-4-9-8(10)6-7-11(9)15/h3-5,12-13,16-17H,2,6-7H2,1H3. The summed E-state index contributed by atoms with van der Waals surface area (Å²) in [5.74, 6) is -0.841. The fourth-order valence-corrected chi connectivity index (χ4v) is 2.32. The summed E-state index contributed by atoms with van der Waals surface area (Å²) in [4.78, 5) is 23.0. The average molecular weight is 264 g/mol. The van der Waals surface area contributed by atoms with E-state index in [9.17, 15) is 19.8 Å². The fourth-order valence-electron chi connectivity index (χ4n) is 2.32. The number of hydrogen-bond acceptors (Lipinski definition) is 5. The molecule has 1 aliphatic carbocycles. The first-order valence-corrected chi connectivity index (χ1v) is 6.24. The normalized spacial score (nSPS) is 16.9. The highest BCUT2D eigenvalue weighted by Crippen LogP contribution is 2.30. The lowest BCUT2D eigenvalue weighted by Gasteiger charge is -2.19. The van der Waals surface area contributed by atoms with Gasteiger partial charge in [0.2, 0.25) is 0 Å². The van der Waals surface area contributed by atoms with Gasteiger partial charge in [0.15, 0.2) is 11.9 Å². The van der Waals surface area contributed by atoms with Gasteiger partial charge in [-0.15, -0.1) is 0 Å². The van der Waals surface area contributed by atoms with Crippen molar-refractivity contribution in [3.05, 3.63) is 34.9 Å². The maximum absolute atomic E-state index is 11.6. The van der Waals surface area contributed by atoms with Crippen LogP contribution in [0.3, 0.4) is 0 Å². The van der Waals surface area contributed by atoms with Gasteiger partial charge in [-0.2, -0.15) is 0 Å². The molecular formula is C14H16O5. The summed E-state index contributed by atoms with van der Waals surface area (Å²) in [6, 6.07) is 4.95. The molecule has 0 fully saturated rings. The van der Waals surface area contributed by atoms with Crippen molar-refractivity contribution in [1.29, 1.82) is 0 Å². The molecule has 0 aromatic heterocycles. The first kappa shape index (κ1) is 13.7. The quantitative estimate of drug-likeness (QED) is 0.785. The number of benzene rings is 1. The molecule has 2 rings (SSSR count). The van der Waals surface area contributed by atoms with Crippen LogP contribution < -0.4 is 0 Å². The summed E-state index contributed by atoms with van der Waals surface area (Å²) in [5, 5.41) is 19.8. The number of carbonyl (C=O) groups is 2. The van der Waals surface area contributed by atoms with Crippen molar-refractivity contribution in [2.75, 3.05) is 6.61 Å². The van der Waals surface area contributed by atoms with Gasteiger partial charge in [0.25, 0.3) is 0 Å². The molecule has 1 aromatic carbocycles. The number of esters is 1. The van der Waals surface area contributed by atoms with Crippen LogP contribution >= 0.6 is 0 Å². The predicted octanol–water partition coefficient (Wildman–Crippen LogP) is 0.773. The molecule has 0 radical (unpaired) electrons. The van der Waals surface area contributed by atoms with Crippen molar-refractivity contribution in [2.45, 2.75) is 32.0 Å². The Morgan fingerprint density at radius 3 is 2.79 bits per heavy atom. The lowest BCUT2D eigenvalue weighted by atomic mass is 9.96. The molecule has 1 aromatic rings. The number of carbonyl (C=O) groups excluding carboxylic acids is 2. The van der Waals surface area contributed by atoms with Crippen LogP contribution in [-0.2, 0) is 16.0 Å². The topological polar surface area (TPSA) is 83.8 Å². The smallest absolute Gasteiger partial charge is 0.338 e. The van der Waals surface area contributed by atoms with E-state index in [0.29, 0.717) is 29.5 Å². The van der Waals surface area contributed by atoms with Crippen LogP contribution in [0.2, 0.25) is 0 Å². The number of aliphatic hydroxyl groups is 2. The second-order valence-electron chi connectivity index (χ2n) is 4.44. The molecule has 2 atom stereocenters. The number of ether oxygens (including phenoxy) is 1. The Morgan fingerprint density at radius 1 is 1.37 bits per heavy atom. The predicted molar refractivity (Wildman–Crippen MR) is 66.7 cm³/mol. The molecule has 0 spiro atoms. The van der Waals surface area contributed by atoms with Gasteiger partial charge in [-0.1, -0.05) is 18.2 Å². The van der Waals surface area contributed by atoms with E-state index in [1.54, 1.807) is 25.1 Å². The van der Waals surface area contributed by atoms with Crippen LogP contribution in [0.15, 0.2) is 18.2 Å². The molecule has 0 bridgehead atoms. The highest BCUT2D eigenvalue weighted by molar-refractivity contribution is 6.00. The van der Waals surface area contributed by atoms with Crippen LogP contribution in [0.1, 0.15) is 40.9 Å². The van der Waals surface area contributed by atoms with Gasteiger partial charge in [0, 0.05) is 12.0 Å². The third-order valence-corrected chi connectivity index (χ3v) is 3.26. The maximum Gasteiger partial charge on any atom is 0.338 e. The second kappa shape index (κ2) is 5.50. The van der Waals surface area contributed by atoms with Gasteiger partial charge < -0.3 is 14.9 Å². The van der Waals surface area contributed by atoms with Crippen LogP contribution in [0.4, 0.5) is 0 Å². The first-order chi connectivity index (χ1) is 9.06. The largest absolute Gasteiger partial charge is 0.464 e. The monoisotopic (exact) mass is 264 g/mol. The Morgan fingerprint density at radius 2 is 2.11 bits per heavy atom. The number of aliphatic hydroxyl groups excluding tert-OH is 2. The first-order valence-electron chi connectivity index (χ1n) is 6.24. The Kier molecular flexibility index (Phi) is 3.97. The van der Waals surface area contributed by atoms with E-state index in [-0.39, 0.29) is 12.4 Å². The highest BCUT2D eigenvalue weighted by Gasteiger charge is 2.31. The van der Waals surface area contributed by atoms with Crippen molar-refractivity contribution in [3.63, 3.8) is 0 Å². The Bertz CT molecular complexity index is 509. The number of rotatable bonds is 4. The zero-order valence-electron chi connectivity index (χ0n) is 10.6. The molecule has 0 amide bonds. The van der Waals surface area contributed by atoms with E-state index in [1.807, 2.05) is 0 Å². The van der Waals surface area contributed by atoms with Gasteiger partial charge in [-0.25, -0.2) is 4.79 Å². The van der Waals surface area contributed by atoms with E-state index < -0.39 is 18.2 Å². The molecule has 0 aliphatic heterocycles. The van der Waals surface area contributed by atoms with Crippen molar-refractivity contribution in [3.8, 4) is 0 Å². The Balaban J connectivity index is 2.28. The summed E-state index contributed by atoms with van der Waals surface area (Å²) in [5.41, 5.74) is 1.69. The molecular weight excluding hydrogens is 248 g/mol. The summed E-state index contributed by atoms with van der Waals surface area (Å²) < 4.78 is 4.67. The third-order valence-electron chi connectivity index (χ3n) is 3.26. The number of Topliss-reactive ketones (excluding diaryl/α,β-unsaturated/α-hetero) is 1. The molecule has 2 unspecified atom stereocenters. The van der Waals surface area contributed by atoms with E-state index >= 15 is 0 Å². The van der Waals surface area contributed by atoms with Crippen LogP contribution in [0.25, 0.3) is 0 Å². The van der Waals surface area contributed by atoms with Gasteiger partial charge >= 0.3 is 5.97 Å². The number of fused-ring (bicyclic) bond motifs is 1. The summed E-state index contributed by atoms with van der Waals surface area (Å²) in [6.07, 6.45) is -2.09. The summed E-state index contributed by atoms with van der Waals surface area (Å²) >= 11 is 0. The molecule has 19 heavy (non-hydrogen) atoms. The van der Waals surface area contributed by atoms with Crippen molar-refractivity contribution in [1.82, 2.24) is 0 Å². The molecule has 5 nitrogen and oxygen atoms in total. The third kappa shape index (κ3) is 2.52. The molecule has 0 heterocycles. The Hall–Kier alpha value is -1.72. The molecule has 0 saturated heterocycles. The summed E-state index contributed by atoms with van der Waals surface area (Å²) in [6.45, 7) is 1.75. The molecule has 1 aliphatic rings. The van der Waals surface area contributed by atoms with Crippen LogP contribution in [-0.4, -0.2) is 34.7 Å². The van der Waals surface area contributed by atoms with Crippen molar-refractivity contribution < 1.29 is 24.5 Å². The van der Waals surface area contributed by atoms with E-state index in [4.69, 9.17) is 0 Å². The maximum atomic E-state index is 11.6. The van der Waals surface area contributed by atoms with Gasteiger partial charge in [0.1, 0.15) is 6.10 Å². The van der Waals surface area contributed by atoms with Gasteiger partial charge in [0.05, 0.1) is 6.61 Å². The molecule has 102 valence electrons. The minimum atomic E-state index is -1.64. The lowest BCUT2D eigenvalue weighted by molar-refractivity contribution is -0.159. The number of ketones is 1. The van der Waals surface area contributed by atoms with E-state index in [2.05, 4.69) is 4.74 Å². The Labute approximate surface area is 110 Å². The molecule has 0 saturated carbocycles. The average Bonchev–Trinajstić information content (AvgIpc) is 2.79. The van der Waals surface area contributed by atoms with Crippen molar-refractivity contribution in [2.24, 2.45) is 0 Å². The minimum Gasteiger partial charge on any atom is -0.464 e. The fraction of sp³-hybridized carbons (Fsp3) is 0.429. The van der Waals surface area contributed by atoms with Gasteiger partial charge in [-0.3, -0.25) is 4.79 Å². The number of hydrogen-bond donors (Lipinski definition) is 2. The van der Waals surface area contributed by atoms with E-state index in [0.717, 1.165) is 0 Å². The minimum absolute atomic E-state index is 0.0228. The van der Waals surface area contributed by atoms with Gasteiger partial charge in [-0.05, 0) is 24.5 Å². The zero-order chi connectivity index (χ0) is 14.0. The van der Waals surface area contributed by atoms with Crippen molar-refractivity contribution >= 4 is 11.8 Å². The zero-order valence-corrected chi connectivity index (χ0v) is 10.6. The van der Waals surface area contributed by atoms with Crippen LogP contribution in [0.5, 0.6) is 0 Å². The molecule has 5 heteroatoms. The SMILES string of the molecule is CCOC(=O)C(O)C(O)c1cccc2c1CCC2=O. The van der Waals surface area contributed by atoms with Crippen LogP contribution in [0, 0.1) is 0 Å². The second-order valence-corrected chi connectivity index (χ2v) is 4.44. The highest BCUT2D eigenvalue weighted by atomic mass is 16.5.